The zero-order valence-corrected chi connectivity index (χ0v) is 17.9. The van der Waals surface area contributed by atoms with E-state index < -0.39 is 11.8 Å². The molecule has 0 aliphatic rings. The first kappa shape index (κ1) is 20.9. The van der Waals surface area contributed by atoms with Crippen LogP contribution in [0.15, 0.2) is 75.9 Å². The van der Waals surface area contributed by atoms with Crippen LogP contribution in [0.3, 0.4) is 0 Å². The van der Waals surface area contributed by atoms with E-state index in [2.05, 4.69) is 10.6 Å². The number of para-hydroxylation sites is 1. The van der Waals surface area contributed by atoms with Crippen molar-refractivity contribution in [2.24, 2.45) is 7.05 Å². The van der Waals surface area contributed by atoms with Crippen LogP contribution < -0.4 is 16.2 Å². The van der Waals surface area contributed by atoms with Crippen LogP contribution in [0.25, 0.3) is 5.69 Å². The van der Waals surface area contributed by atoms with Gasteiger partial charge in [0.2, 0.25) is 0 Å². The second-order valence-corrected chi connectivity index (χ2v) is 7.34. The summed E-state index contributed by atoms with van der Waals surface area (Å²) in [5.74, 6) is -0.0670. The molecule has 0 saturated carbocycles. The molecule has 8 heteroatoms. The molecule has 162 valence electrons. The number of amides is 2. The van der Waals surface area contributed by atoms with Crippen molar-refractivity contribution >= 4 is 23.2 Å². The molecule has 32 heavy (non-hydrogen) atoms. The van der Waals surface area contributed by atoms with E-state index in [0.717, 1.165) is 0 Å². The monoisotopic (exact) mass is 430 g/mol. The lowest BCUT2D eigenvalue weighted by Gasteiger charge is -2.07. The molecule has 4 aromatic rings. The van der Waals surface area contributed by atoms with Gasteiger partial charge in [0.1, 0.15) is 11.4 Å². The molecule has 0 radical (unpaired) electrons. The Kier molecular flexibility index (Phi) is 5.51. The maximum absolute atomic E-state index is 13.0. The van der Waals surface area contributed by atoms with Crippen molar-refractivity contribution in [3.63, 3.8) is 0 Å². The van der Waals surface area contributed by atoms with Crippen molar-refractivity contribution in [1.29, 1.82) is 0 Å². The lowest BCUT2D eigenvalue weighted by Crippen LogP contribution is -2.23. The highest BCUT2D eigenvalue weighted by Crippen LogP contribution is 2.17. The van der Waals surface area contributed by atoms with Crippen LogP contribution in [0.4, 0.5) is 11.4 Å². The third-order valence-electron chi connectivity index (χ3n) is 5.14. The minimum absolute atomic E-state index is 0.179. The normalized spacial score (nSPS) is 10.7. The predicted octanol–water partition coefficient (Wildman–Crippen LogP) is 3.89. The Morgan fingerprint density at radius 1 is 0.875 bits per heavy atom. The molecule has 0 bridgehead atoms. The Balaban J connectivity index is 1.57. The Bertz CT molecular complexity index is 1360. The van der Waals surface area contributed by atoms with E-state index in [4.69, 9.17) is 4.42 Å². The van der Waals surface area contributed by atoms with Crippen LogP contribution in [0, 0.1) is 13.8 Å². The van der Waals surface area contributed by atoms with Crippen molar-refractivity contribution in [1.82, 2.24) is 9.36 Å². The fraction of sp³-hybridized carbons (Fsp3) is 0.125. The van der Waals surface area contributed by atoms with Gasteiger partial charge in [-0.25, -0.2) is 4.68 Å². The van der Waals surface area contributed by atoms with E-state index in [1.165, 1.54) is 10.7 Å². The molecular weight excluding hydrogens is 408 g/mol. The number of aryl methyl sites for hydroxylation is 1. The summed E-state index contributed by atoms with van der Waals surface area (Å²) in [6.07, 6.45) is 0. The first-order valence-electron chi connectivity index (χ1n) is 9.98. The molecule has 2 amide bonds. The Hall–Kier alpha value is -4.33. The van der Waals surface area contributed by atoms with Gasteiger partial charge < -0.3 is 15.1 Å². The molecule has 8 nitrogen and oxygen atoms in total. The second kappa shape index (κ2) is 8.43. The van der Waals surface area contributed by atoms with Crippen molar-refractivity contribution in [3.8, 4) is 5.69 Å². The molecule has 0 aliphatic heterocycles. The SMILES string of the molecule is Cc1ccc(C(=O)Nc2cccc(C(=O)Nc3c(C)n(C)n(-c4ccccc4)c3=O)c2)o1. The minimum Gasteiger partial charge on any atom is -0.456 e. The Morgan fingerprint density at radius 3 is 2.31 bits per heavy atom. The quantitative estimate of drug-likeness (QED) is 0.502. The molecule has 0 fully saturated rings. The first-order valence-corrected chi connectivity index (χ1v) is 9.98. The number of rotatable bonds is 5. The number of carbonyl (C=O) groups excluding carboxylic acids is 2. The number of nitrogens with one attached hydrogen (secondary N) is 2. The van der Waals surface area contributed by atoms with Gasteiger partial charge in [-0.3, -0.25) is 19.1 Å². The van der Waals surface area contributed by atoms with Crippen LogP contribution in [0.2, 0.25) is 0 Å². The third-order valence-corrected chi connectivity index (χ3v) is 5.14. The molecule has 0 aliphatic carbocycles. The van der Waals surface area contributed by atoms with E-state index in [9.17, 15) is 14.4 Å². The van der Waals surface area contributed by atoms with E-state index in [1.54, 1.807) is 55.9 Å². The van der Waals surface area contributed by atoms with Gasteiger partial charge in [-0.1, -0.05) is 24.3 Å². The van der Waals surface area contributed by atoms with Gasteiger partial charge in [0.15, 0.2) is 5.76 Å². The number of anilines is 2. The average molecular weight is 430 g/mol. The molecule has 2 aromatic carbocycles. The molecule has 0 spiro atoms. The molecule has 2 aromatic heterocycles. The molecule has 0 unspecified atom stereocenters. The van der Waals surface area contributed by atoms with Crippen LogP contribution in [-0.2, 0) is 7.05 Å². The van der Waals surface area contributed by atoms with Crippen molar-refractivity contribution < 1.29 is 14.0 Å². The lowest BCUT2D eigenvalue weighted by molar-refractivity contribution is 0.0992. The maximum Gasteiger partial charge on any atom is 0.295 e. The number of aromatic nitrogens is 2. The summed E-state index contributed by atoms with van der Waals surface area (Å²) in [6, 6.07) is 18.9. The number of nitrogens with zero attached hydrogens (tertiary/aromatic N) is 2. The third kappa shape index (κ3) is 3.98. The van der Waals surface area contributed by atoms with Crippen molar-refractivity contribution in [2.75, 3.05) is 10.6 Å². The van der Waals surface area contributed by atoms with E-state index >= 15 is 0 Å². The highest BCUT2D eigenvalue weighted by molar-refractivity contribution is 6.06. The van der Waals surface area contributed by atoms with E-state index in [0.29, 0.717) is 28.4 Å². The largest absolute Gasteiger partial charge is 0.456 e. The zero-order chi connectivity index (χ0) is 22.8. The first-order chi connectivity index (χ1) is 15.3. The van der Waals surface area contributed by atoms with Crippen LogP contribution in [0.5, 0.6) is 0 Å². The maximum atomic E-state index is 13.0. The van der Waals surface area contributed by atoms with Gasteiger partial charge in [0.25, 0.3) is 17.4 Å². The van der Waals surface area contributed by atoms with Crippen LogP contribution >= 0.6 is 0 Å². The Morgan fingerprint density at radius 2 is 1.62 bits per heavy atom. The van der Waals surface area contributed by atoms with Gasteiger partial charge in [-0.2, -0.15) is 0 Å². The van der Waals surface area contributed by atoms with Gasteiger partial charge in [-0.15, -0.1) is 0 Å². The second-order valence-electron chi connectivity index (χ2n) is 7.34. The van der Waals surface area contributed by atoms with Gasteiger partial charge in [-0.05, 0) is 56.3 Å². The fourth-order valence-corrected chi connectivity index (χ4v) is 3.39. The molecule has 0 saturated heterocycles. The smallest absolute Gasteiger partial charge is 0.295 e. The summed E-state index contributed by atoms with van der Waals surface area (Å²) >= 11 is 0. The van der Waals surface area contributed by atoms with Gasteiger partial charge in [0, 0.05) is 18.3 Å². The van der Waals surface area contributed by atoms with E-state index in [1.807, 2.05) is 30.3 Å². The van der Waals surface area contributed by atoms with Crippen LogP contribution in [0.1, 0.15) is 32.4 Å². The number of hydrogen-bond donors (Lipinski definition) is 2. The highest BCUT2D eigenvalue weighted by atomic mass is 16.3. The number of benzene rings is 2. The van der Waals surface area contributed by atoms with Crippen molar-refractivity contribution in [3.05, 3.63) is 99.9 Å². The lowest BCUT2D eigenvalue weighted by atomic mass is 10.2. The van der Waals surface area contributed by atoms with E-state index in [-0.39, 0.29) is 17.0 Å². The predicted molar refractivity (Wildman–Crippen MR) is 122 cm³/mol. The number of furan rings is 1. The van der Waals surface area contributed by atoms with Crippen LogP contribution in [-0.4, -0.2) is 21.2 Å². The summed E-state index contributed by atoms with van der Waals surface area (Å²) in [7, 11) is 1.76. The fourth-order valence-electron chi connectivity index (χ4n) is 3.39. The number of carbonyl (C=O) groups is 2. The molecular formula is C24H22N4O4. The number of hydrogen-bond acceptors (Lipinski definition) is 4. The summed E-state index contributed by atoms with van der Waals surface area (Å²) in [5.41, 5.74) is 1.91. The summed E-state index contributed by atoms with van der Waals surface area (Å²) in [6.45, 7) is 3.51. The summed E-state index contributed by atoms with van der Waals surface area (Å²) < 4.78 is 8.50. The highest BCUT2D eigenvalue weighted by Gasteiger charge is 2.19. The zero-order valence-electron chi connectivity index (χ0n) is 17.9. The minimum atomic E-state index is -0.457. The summed E-state index contributed by atoms with van der Waals surface area (Å²) in [4.78, 5) is 38.2. The molecule has 2 N–H and O–H groups in total. The van der Waals surface area contributed by atoms with Gasteiger partial charge in [0.05, 0.1) is 11.4 Å². The molecule has 2 heterocycles. The summed E-state index contributed by atoms with van der Waals surface area (Å²) in [5, 5.41) is 5.42. The topological polar surface area (TPSA) is 98.3 Å². The average Bonchev–Trinajstić information content (AvgIpc) is 3.31. The Labute approximate surface area is 184 Å². The molecule has 0 atom stereocenters. The van der Waals surface area contributed by atoms with Crippen molar-refractivity contribution in [2.45, 2.75) is 13.8 Å². The molecule has 4 rings (SSSR count). The van der Waals surface area contributed by atoms with Gasteiger partial charge >= 0.3 is 0 Å². The standard InChI is InChI=1S/C24H22N4O4/c1-15-12-13-20(32-15)23(30)25-18-9-7-8-17(14-18)22(29)26-21-16(2)27(3)28(24(21)31)19-10-5-4-6-11-19/h4-14H,1-3H3,(H,25,30)(H,26,29).